The summed E-state index contributed by atoms with van der Waals surface area (Å²) < 4.78 is 1.12. The van der Waals surface area contributed by atoms with Gasteiger partial charge in [0.2, 0.25) is 0 Å². The van der Waals surface area contributed by atoms with Crippen molar-refractivity contribution >= 4 is 27.1 Å². The first kappa shape index (κ1) is 22.6. The van der Waals surface area contributed by atoms with Crippen molar-refractivity contribution in [1.82, 2.24) is 0 Å². The van der Waals surface area contributed by atoms with Crippen LogP contribution in [0.25, 0.3) is 11.1 Å². The van der Waals surface area contributed by atoms with Crippen molar-refractivity contribution in [2.24, 2.45) is 11.3 Å². The van der Waals surface area contributed by atoms with Crippen molar-refractivity contribution in [3.63, 3.8) is 0 Å². The van der Waals surface area contributed by atoms with E-state index in [9.17, 15) is 5.11 Å². The fraction of sp³-hybridized carbons (Fsp3) is 0.448. The van der Waals surface area contributed by atoms with Gasteiger partial charge in [-0.1, -0.05) is 90.7 Å². The van der Waals surface area contributed by atoms with Crippen LogP contribution in [0.4, 0.5) is 0 Å². The molecule has 1 N–H and O–H groups in total. The normalized spacial score (nSPS) is 25.2. The molecule has 1 saturated carbocycles. The number of fused-ring (bicyclic) bond motifs is 1. The molecule has 4 rings (SSSR count). The van der Waals surface area contributed by atoms with Gasteiger partial charge in [0.05, 0.1) is 6.10 Å². The van der Waals surface area contributed by atoms with Gasteiger partial charge in [-0.05, 0) is 79.0 Å². The molecule has 0 bridgehead atoms. The number of halogens is 1. The lowest BCUT2D eigenvalue weighted by Gasteiger charge is -2.37. The number of aliphatic hydroxyl groups excluding tert-OH is 1. The summed E-state index contributed by atoms with van der Waals surface area (Å²) in [4.78, 5) is 0. The van der Waals surface area contributed by atoms with Crippen molar-refractivity contribution in [1.29, 1.82) is 0 Å². The summed E-state index contributed by atoms with van der Waals surface area (Å²) in [5, 5.41) is 11.1. The Labute approximate surface area is 196 Å². The number of hydrogen-bond acceptors (Lipinski definition) is 1. The monoisotopic (exact) mass is 478 g/mol. The molecule has 2 aliphatic carbocycles. The predicted molar refractivity (Wildman–Crippen MR) is 136 cm³/mol. The molecule has 2 aromatic rings. The van der Waals surface area contributed by atoms with Crippen LogP contribution in [0.3, 0.4) is 0 Å². The first-order chi connectivity index (χ1) is 15.0. The summed E-state index contributed by atoms with van der Waals surface area (Å²) in [6, 6.07) is 17.3. The Hall–Kier alpha value is -1.64. The molecule has 3 atom stereocenters. The standard InChI is InChI=1S/C29H35BrO/c1-4-5-6-8-13-23-18-26-27(31)16-17-29(26,21(3)22-11-9-7-10-12-22)28(23)25-19-24(30)15-14-20(25)2/h7,9-12,14-15,19,26-27,31H,3-6,8,13,16-18H2,1-2H3. The van der Waals surface area contributed by atoms with Crippen molar-refractivity contribution in [2.75, 3.05) is 0 Å². The van der Waals surface area contributed by atoms with Crippen LogP contribution in [0, 0.1) is 18.3 Å². The molecule has 0 radical (unpaired) electrons. The van der Waals surface area contributed by atoms with E-state index in [2.05, 4.69) is 84.9 Å². The fourth-order valence-corrected chi connectivity index (χ4v) is 6.46. The number of hydrogen-bond donors (Lipinski definition) is 1. The van der Waals surface area contributed by atoms with E-state index in [1.165, 1.54) is 53.5 Å². The molecule has 2 aliphatic rings. The van der Waals surface area contributed by atoms with Crippen molar-refractivity contribution < 1.29 is 5.11 Å². The van der Waals surface area contributed by atoms with E-state index >= 15 is 0 Å². The molecule has 0 saturated heterocycles. The second-order valence-electron chi connectivity index (χ2n) is 9.48. The Morgan fingerprint density at radius 3 is 2.65 bits per heavy atom. The molecule has 3 unspecified atom stereocenters. The smallest absolute Gasteiger partial charge is 0.0583 e. The SMILES string of the molecule is C=C(c1ccccc1)C12CCC(O)C1CC(CCCCCC)=C2c1cc(Br)ccc1C. The second-order valence-corrected chi connectivity index (χ2v) is 10.4. The molecule has 2 aromatic carbocycles. The van der Waals surface area contributed by atoms with Gasteiger partial charge in [0.25, 0.3) is 0 Å². The van der Waals surface area contributed by atoms with Crippen LogP contribution in [0.2, 0.25) is 0 Å². The third kappa shape index (κ3) is 4.10. The molecule has 31 heavy (non-hydrogen) atoms. The molecule has 2 heteroatoms. The van der Waals surface area contributed by atoms with Crippen molar-refractivity contribution in [2.45, 2.75) is 71.3 Å². The zero-order chi connectivity index (χ0) is 22.0. The lowest BCUT2D eigenvalue weighted by Crippen LogP contribution is -2.29. The maximum absolute atomic E-state index is 11.1. The van der Waals surface area contributed by atoms with E-state index in [4.69, 9.17) is 0 Å². The van der Waals surface area contributed by atoms with E-state index in [1.807, 2.05) is 0 Å². The summed E-state index contributed by atoms with van der Waals surface area (Å²) >= 11 is 3.73. The number of aliphatic hydroxyl groups is 1. The fourth-order valence-electron chi connectivity index (χ4n) is 6.10. The lowest BCUT2D eigenvalue weighted by molar-refractivity contribution is 0.120. The largest absolute Gasteiger partial charge is 0.393 e. The molecule has 1 fully saturated rings. The minimum absolute atomic E-state index is 0.174. The summed E-state index contributed by atoms with van der Waals surface area (Å²) in [5.41, 5.74) is 7.90. The number of rotatable bonds is 8. The van der Waals surface area contributed by atoms with Crippen molar-refractivity contribution in [3.05, 3.63) is 81.8 Å². The third-order valence-corrected chi connectivity index (χ3v) is 8.15. The number of aryl methyl sites for hydroxylation is 1. The highest BCUT2D eigenvalue weighted by molar-refractivity contribution is 9.10. The molecule has 1 nitrogen and oxygen atoms in total. The van der Waals surface area contributed by atoms with Gasteiger partial charge in [0, 0.05) is 15.8 Å². The molecule has 0 spiro atoms. The molecular formula is C29H35BrO. The first-order valence-electron chi connectivity index (χ1n) is 11.9. The van der Waals surface area contributed by atoms with Gasteiger partial charge in [0.1, 0.15) is 0 Å². The number of unbranched alkanes of at least 4 members (excludes halogenated alkanes) is 3. The van der Waals surface area contributed by atoms with E-state index in [1.54, 1.807) is 5.57 Å². The maximum Gasteiger partial charge on any atom is 0.0583 e. The summed E-state index contributed by atoms with van der Waals surface area (Å²) in [5.74, 6) is 0.231. The highest BCUT2D eigenvalue weighted by Gasteiger charge is 2.56. The van der Waals surface area contributed by atoms with E-state index in [0.717, 1.165) is 30.2 Å². The van der Waals surface area contributed by atoms with Crippen LogP contribution in [0.1, 0.15) is 75.0 Å². The maximum atomic E-state index is 11.1. The van der Waals surface area contributed by atoms with E-state index in [-0.39, 0.29) is 17.4 Å². The zero-order valence-electron chi connectivity index (χ0n) is 19.0. The van der Waals surface area contributed by atoms with Crippen LogP contribution < -0.4 is 0 Å². The minimum atomic E-state index is -0.254. The summed E-state index contributed by atoms with van der Waals surface area (Å²) in [6.07, 6.45) is 8.79. The van der Waals surface area contributed by atoms with Gasteiger partial charge >= 0.3 is 0 Å². The van der Waals surface area contributed by atoms with Gasteiger partial charge in [-0.2, -0.15) is 0 Å². The molecule has 0 aliphatic heterocycles. The molecule has 0 heterocycles. The highest BCUT2D eigenvalue weighted by Crippen LogP contribution is 2.66. The van der Waals surface area contributed by atoms with Crippen molar-refractivity contribution in [3.8, 4) is 0 Å². The Kier molecular flexibility index (Phi) is 6.89. The van der Waals surface area contributed by atoms with Crippen LogP contribution in [0.5, 0.6) is 0 Å². The van der Waals surface area contributed by atoms with Crippen LogP contribution in [-0.2, 0) is 0 Å². The van der Waals surface area contributed by atoms with Gasteiger partial charge < -0.3 is 5.11 Å². The quantitative estimate of drug-likeness (QED) is 0.377. The third-order valence-electron chi connectivity index (χ3n) is 7.66. The lowest BCUT2D eigenvalue weighted by atomic mass is 9.66. The Balaban J connectivity index is 1.86. The van der Waals surface area contributed by atoms with Gasteiger partial charge in [0.15, 0.2) is 0 Å². The number of benzene rings is 2. The van der Waals surface area contributed by atoms with Crippen LogP contribution >= 0.6 is 15.9 Å². The predicted octanol–water partition coefficient (Wildman–Crippen LogP) is 8.36. The number of allylic oxidation sites excluding steroid dienone is 3. The summed E-state index contributed by atoms with van der Waals surface area (Å²) in [7, 11) is 0. The highest BCUT2D eigenvalue weighted by atomic mass is 79.9. The minimum Gasteiger partial charge on any atom is -0.393 e. The first-order valence-corrected chi connectivity index (χ1v) is 12.7. The Morgan fingerprint density at radius 1 is 1.13 bits per heavy atom. The Morgan fingerprint density at radius 2 is 1.90 bits per heavy atom. The van der Waals surface area contributed by atoms with E-state index in [0.29, 0.717) is 0 Å². The zero-order valence-corrected chi connectivity index (χ0v) is 20.5. The molecular weight excluding hydrogens is 444 g/mol. The topological polar surface area (TPSA) is 20.2 Å². The average molecular weight is 480 g/mol. The molecule has 0 aromatic heterocycles. The van der Waals surface area contributed by atoms with Crippen LogP contribution in [-0.4, -0.2) is 11.2 Å². The molecule has 164 valence electrons. The summed E-state index contributed by atoms with van der Waals surface area (Å²) in [6.45, 7) is 9.18. The van der Waals surface area contributed by atoms with Gasteiger partial charge in [-0.25, -0.2) is 0 Å². The second kappa shape index (κ2) is 9.46. The van der Waals surface area contributed by atoms with Gasteiger partial charge in [-0.15, -0.1) is 0 Å². The molecule has 0 amide bonds. The van der Waals surface area contributed by atoms with Crippen LogP contribution in [0.15, 0.2) is 65.2 Å². The Bertz CT molecular complexity index is 973. The van der Waals surface area contributed by atoms with Gasteiger partial charge in [-0.3, -0.25) is 0 Å². The van der Waals surface area contributed by atoms with E-state index < -0.39 is 0 Å². The average Bonchev–Trinajstić information content (AvgIpc) is 3.28.